The lowest BCUT2D eigenvalue weighted by molar-refractivity contribution is -0.115. The lowest BCUT2D eigenvalue weighted by atomic mass is 10.1. The highest BCUT2D eigenvalue weighted by Gasteiger charge is 2.29. The molecule has 0 saturated carbocycles. The number of sulfonamides is 1. The Balaban J connectivity index is 1.79. The van der Waals surface area contributed by atoms with Crippen molar-refractivity contribution in [2.75, 3.05) is 18.4 Å². The van der Waals surface area contributed by atoms with E-state index in [0.29, 0.717) is 18.8 Å². The van der Waals surface area contributed by atoms with Crippen molar-refractivity contribution in [1.82, 2.24) is 4.31 Å². The molecule has 1 fully saturated rings. The van der Waals surface area contributed by atoms with Crippen molar-refractivity contribution in [3.05, 3.63) is 58.6 Å². The van der Waals surface area contributed by atoms with Crippen LogP contribution in [0.15, 0.2) is 47.4 Å². The van der Waals surface area contributed by atoms with Crippen LogP contribution in [0, 0.1) is 6.92 Å². The van der Waals surface area contributed by atoms with Gasteiger partial charge in [-0.25, -0.2) is 8.42 Å². The molecule has 2 aromatic rings. The maximum Gasteiger partial charge on any atom is 0.244 e. The van der Waals surface area contributed by atoms with E-state index in [-0.39, 0.29) is 22.2 Å². The van der Waals surface area contributed by atoms with Crippen molar-refractivity contribution in [2.24, 2.45) is 0 Å². The topological polar surface area (TPSA) is 66.5 Å². The Bertz CT molecular complexity index is 922. The molecule has 1 aliphatic heterocycles. The van der Waals surface area contributed by atoms with E-state index in [1.807, 2.05) is 31.2 Å². The maximum atomic E-state index is 12.8. The van der Waals surface area contributed by atoms with E-state index in [0.717, 1.165) is 24.0 Å². The van der Waals surface area contributed by atoms with Crippen molar-refractivity contribution in [1.29, 1.82) is 0 Å². The molecule has 0 unspecified atom stereocenters. The van der Waals surface area contributed by atoms with Crippen molar-refractivity contribution in [3.63, 3.8) is 0 Å². The fourth-order valence-electron chi connectivity index (χ4n) is 3.03. The van der Waals surface area contributed by atoms with Crippen LogP contribution in [-0.2, 0) is 21.2 Å². The summed E-state index contributed by atoms with van der Waals surface area (Å²) in [6, 6.07) is 12.2. The van der Waals surface area contributed by atoms with E-state index in [1.54, 1.807) is 6.07 Å². The minimum Gasteiger partial charge on any atom is -0.326 e. The summed E-state index contributed by atoms with van der Waals surface area (Å²) in [5.41, 5.74) is 2.39. The lowest BCUT2D eigenvalue weighted by Gasteiger charge is -2.17. The number of amides is 1. The predicted molar refractivity (Wildman–Crippen MR) is 103 cm³/mol. The summed E-state index contributed by atoms with van der Waals surface area (Å²) in [6.45, 7) is 2.96. The van der Waals surface area contributed by atoms with Crippen molar-refractivity contribution >= 4 is 33.2 Å². The molecule has 1 N–H and O–H groups in total. The molecule has 1 amide bonds. The quantitative estimate of drug-likeness (QED) is 0.845. The smallest absolute Gasteiger partial charge is 0.244 e. The summed E-state index contributed by atoms with van der Waals surface area (Å²) in [5, 5.41) is 2.93. The van der Waals surface area contributed by atoms with Gasteiger partial charge in [0, 0.05) is 18.8 Å². The second-order valence-corrected chi connectivity index (χ2v) is 8.72. The number of carbonyl (C=O) groups is 1. The van der Waals surface area contributed by atoms with Gasteiger partial charge < -0.3 is 5.32 Å². The van der Waals surface area contributed by atoms with E-state index in [9.17, 15) is 13.2 Å². The zero-order valence-electron chi connectivity index (χ0n) is 14.5. The first-order valence-electron chi connectivity index (χ1n) is 8.52. The average molecular weight is 393 g/mol. The van der Waals surface area contributed by atoms with Gasteiger partial charge in [-0.3, -0.25) is 4.79 Å². The summed E-state index contributed by atoms with van der Waals surface area (Å²) in [7, 11) is -3.64. The molecule has 0 spiro atoms. The van der Waals surface area contributed by atoms with Crippen molar-refractivity contribution < 1.29 is 13.2 Å². The number of aryl methyl sites for hydroxylation is 1. The molecule has 0 aliphatic carbocycles. The monoisotopic (exact) mass is 392 g/mol. The molecule has 3 rings (SSSR count). The summed E-state index contributed by atoms with van der Waals surface area (Å²) >= 11 is 6.13. The maximum absolute atomic E-state index is 12.8. The molecule has 1 saturated heterocycles. The molecule has 0 atom stereocenters. The Morgan fingerprint density at radius 2 is 1.85 bits per heavy atom. The van der Waals surface area contributed by atoms with Crippen LogP contribution in [0.4, 0.5) is 5.69 Å². The van der Waals surface area contributed by atoms with Gasteiger partial charge in [-0.05, 0) is 49.1 Å². The first-order chi connectivity index (χ1) is 12.4. The van der Waals surface area contributed by atoms with Gasteiger partial charge in [-0.1, -0.05) is 35.9 Å². The molecular weight excluding hydrogens is 372 g/mol. The average Bonchev–Trinajstić information content (AvgIpc) is 3.14. The van der Waals surface area contributed by atoms with Crippen LogP contribution in [0.2, 0.25) is 5.02 Å². The second-order valence-electron chi connectivity index (χ2n) is 6.41. The van der Waals surface area contributed by atoms with Gasteiger partial charge in [0.1, 0.15) is 4.90 Å². The largest absolute Gasteiger partial charge is 0.326 e. The van der Waals surface area contributed by atoms with Crippen LogP contribution < -0.4 is 5.32 Å². The highest BCUT2D eigenvalue weighted by Crippen LogP contribution is 2.29. The van der Waals surface area contributed by atoms with Gasteiger partial charge in [0.15, 0.2) is 0 Å². The van der Waals surface area contributed by atoms with E-state index in [4.69, 9.17) is 11.6 Å². The Morgan fingerprint density at radius 1 is 1.15 bits per heavy atom. The number of nitrogens with one attached hydrogen (secondary N) is 1. The fraction of sp³-hybridized carbons (Fsp3) is 0.316. The van der Waals surface area contributed by atoms with Crippen LogP contribution in [0.5, 0.6) is 0 Å². The number of benzene rings is 2. The number of hydrogen-bond donors (Lipinski definition) is 1. The molecular formula is C19H21ClN2O3S. The molecule has 1 aliphatic rings. The van der Waals surface area contributed by atoms with Crippen molar-refractivity contribution in [2.45, 2.75) is 31.1 Å². The molecule has 5 nitrogen and oxygen atoms in total. The predicted octanol–water partition coefficient (Wildman–Crippen LogP) is 3.61. The van der Waals surface area contributed by atoms with Crippen LogP contribution >= 0.6 is 11.6 Å². The summed E-state index contributed by atoms with van der Waals surface area (Å²) in [5.74, 6) is -0.203. The molecule has 138 valence electrons. The Morgan fingerprint density at radius 3 is 2.54 bits per heavy atom. The SMILES string of the molecule is Cc1ccccc1CC(=O)Nc1ccc(Cl)c(S(=O)(=O)N2CCCC2)c1. The third-order valence-electron chi connectivity index (χ3n) is 4.51. The second kappa shape index (κ2) is 7.78. The van der Waals surface area contributed by atoms with E-state index in [2.05, 4.69) is 5.32 Å². The van der Waals surface area contributed by atoms with E-state index < -0.39 is 10.0 Å². The number of halogens is 1. The van der Waals surface area contributed by atoms with E-state index >= 15 is 0 Å². The molecule has 7 heteroatoms. The Kier molecular flexibility index (Phi) is 5.65. The van der Waals surface area contributed by atoms with Crippen LogP contribution in [0.1, 0.15) is 24.0 Å². The van der Waals surface area contributed by atoms with Gasteiger partial charge in [-0.2, -0.15) is 4.31 Å². The lowest BCUT2D eigenvalue weighted by Crippen LogP contribution is -2.28. The summed E-state index contributed by atoms with van der Waals surface area (Å²) in [4.78, 5) is 12.4. The normalized spacial score (nSPS) is 15.2. The van der Waals surface area contributed by atoms with Crippen molar-refractivity contribution in [3.8, 4) is 0 Å². The van der Waals surface area contributed by atoms with Crippen LogP contribution in [0.25, 0.3) is 0 Å². The highest BCUT2D eigenvalue weighted by molar-refractivity contribution is 7.89. The molecule has 0 radical (unpaired) electrons. The summed E-state index contributed by atoms with van der Waals surface area (Å²) < 4.78 is 27.0. The molecule has 2 aromatic carbocycles. The Labute approximate surface area is 159 Å². The van der Waals surface area contributed by atoms with Crippen LogP contribution in [-0.4, -0.2) is 31.7 Å². The van der Waals surface area contributed by atoms with Gasteiger partial charge >= 0.3 is 0 Å². The standard InChI is InChI=1S/C19H21ClN2O3S/c1-14-6-2-3-7-15(14)12-19(23)21-16-8-9-17(20)18(13-16)26(24,25)22-10-4-5-11-22/h2-3,6-9,13H,4-5,10-12H2,1H3,(H,21,23). The highest BCUT2D eigenvalue weighted by atomic mass is 35.5. The number of anilines is 1. The molecule has 1 heterocycles. The minimum atomic E-state index is -3.64. The van der Waals surface area contributed by atoms with Gasteiger partial charge in [0.25, 0.3) is 0 Å². The first-order valence-corrected chi connectivity index (χ1v) is 10.3. The number of nitrogens with zero attached hydrogens (tertiary/aromatic N) is 1. The molecule has 0 aromatic heterocycles. The number of rotatable bonds is 5. The minimum absolute atomic E-state index is 0.0368. The first kappa shape index (κ1) is 18.9. The number of carbonyl (C=O) groups excluding carboxylic acids is 1. The van der Waals surface area contributed by atoms with Crippen LogP contribution in [0.3, 0.4) is 0 Å². The number of hydrogen-bond acceptors (Lipinski definition) is 3. The van der Waals surface area contributed by atoms with Gasteiger partial charge in [0.05, 0.1) is 11.4 Å². The summed E-state index contributed by atoms with van der Waals surface area (Å²) in [6.07, 6.45) is 1.93. The zero-order valence-corrected chi connectivity index (χ0v) is 16.1. The van der Waals surface area contributed by atoms with Gasteiger partial charge in [-0.15, -0.1) is 0 Å². The Hall–Kier alpha value is -1.89. The third kappa shape index (κ3) is 4.09. The fourth-order valence-corrected chi connectivity index (χ4v) is 5.05. The van der Waals surface area contributed by atoms with Gasteiger partial charge in [0.2, 0.25) is 15.9 Å². The van der Waals surface area contributed by atoms with E-state index in [1.165, 1.54) is 16.4 Å². The third-order valence-corrected chi connectivity index (χ3v) is 6.89. The molecule has 26 heavy (non-hydrogen) atoms. The molecule has 0 bridgehead atoms. The zero-order chi connectivity index (χ0) is 18.7.